The number of imide groups is 1. The number of hydrogen-bond donors (Lipinski definition) is 9. The number of unbranched alkanes of at least 4 members (excludes halogenated alkanes) is 2. The Labute approximate surface area is 362 Å². The molecule has 1 saturated carbocycles. The van der Waals surface area contributed by atoms with Crippen LogP contribution in [0, 0.1) is 5.41 Å². The lowest BCUT2D eigenvalue weighted by Gasteiger charge is -2.38. The number of carboxylic acid groups (broad SMARTS) is 2. The van der Waals surface area contributed by atoms with Crippen LogP contribution in [0.3, 0.4) is 0 Å². The second kappa shape index (κ2) is 27.1. The van der Waals surface area contributed by atoms with Crippen LogP contribution in [0.25, 0.3) is 12.2 Å². The number of carbonyl (C=O) groups excluding carboxylic acids is 8. The van der Waals surface area contributed by atoms with Gasteiger partial charge in [-0.3, -0.25) is 39.0 Å². The van der Waals surface area contributed by atoms with Crippen molar-refractivity contribution >= 4 is 83.5 Å². The zero-order valence-electron chi connectivity index (χ0n) is 34.6. The normalized spacial score (nSPS) is 13.3. The van der Waals surface area contributed by atoms with Crippen molar-refractivity contribution in [3.05, 3.63) is 83.5 Å². The molecule has 9 amide bonds. The molecule has 21 heteroatoms. The summed E-state index contributed by atoms with van der Waals surface area (Å²) in [6.07, 6.45) is 10.4. The number of anilines is 2. The van der Waals surface area contributed by atoms with Crippen LogP contribution >= 0.6 is 0 Å². The van der Waals surface area contributed by atoms with E-state index in [0.29, 0.717) is 80.5 Å². The minimum absolute atomic E-state index is 0.155. The molecule has 1 heterocycles. The van der Waals surface area contributed by atoms with Crippen LogP contribution in [0.1, 0.15) is 68.6 Å². The van der Waals surface area contributed by atoms with E-state index in [0.717, 1.165) is 23.5 Å². The average molecular weight is 877 g/mol. The van der Waals surface area contributed by atoms with Crippen LogP contribution < -0.4 is 38.1 Å². The first-order valence-corrected chi connectivity index (χ1v) is 19.6. The number of rotatable bonds is 20. The Morgan fingerprint density at radius 1 is 0.810 bits per heavy atom. The van der Waals surface area contributed by atoms with E-state index >= 15 is 0 Å². The highest BCUT2D eigenvalue weighted by Crippen LogP contribution is 2.41. The lowest BCUT2D eigenvalue weighted by molar-refractivity contribution is -0.150. The van der Waals surface area contributed by atoms with E-state index in [-0.39, 0.29) is 37.1 Å². The van der Waals surface area contributed by atoms with E-state index in [2.05, 4.69) is 32.3 Å². The van der Waals surface area contributed by atoms with E-state index in [1.807, 2.05) is 6.92 Å². The van der Waals surface area contributed by atoms with Crippen molar-refractivity contribution in [3.8, 4) is 0 Å². The van der Waals surface area contributed by atoms with Gasteiger partial charge < -0.3 is 47.7 Å². The minimum atomic E-state index is -1.24. The number of benzene rings is 2. The molecule has 0 atom stereocenters. The third-order valence-electron chi connectivity index (χ3n) is 9.03. The Balaban J connectivity index is 0.00000122. The molecule has 1 aliphatic heterocycles. The predicted molar refractivity (Wildman–Crippen MR) is 229 cm³/mol. The number of primary amides is 2. The van der Waals surface area contributed by atoms with Gasteiger partial charge in [-0.1, -0.05) is 37.6 Å². The van der Waals surface area contributed by atoms with Gasteiger partial charge in [-0.05, 0) is 85.6 Å². The summed E-state index contributed by atoms with van der Waals surface area (Å²) in [6, 6.07) is 10.4. The number of nitrogens with zero attached hydrogens (tertiary/aromatic N) is 1. The van der Waals surface area contributed by atoms with E-state index in [4.69, 9.17) is 25.5 Å². The molecule has 0 saturated heterocycles. The molecule has 11 N–H and O–H groups in total. The molecule has 63 heavy (non-hydrogen) atoms. The van der Waals surface area contributed by atoms with Gasteiger partial charge in [0.25, 0.3) is 11.8 Å². The quantitative estimate of drug-likeness (QED) is 0.0303. The Morgan fingerprint density at radius 3 is 1.98 bits per heavy atom. The molecular formula is C42H52N8O13. The summed E-state index contributed by atoms with van der Waals surface area (Å²) in [4.78, 5) is 116. The minimum Gasteiger partial charge on any atom is -0.478 e. The molecule has 338 valence electrons. The number of hydrogen-bond acceptors (Lipinski definition) is 11. The molecule has 21 nitrogen and oxygen atoms in total. The maximum atomic E-state index is 13.0. The monoisotopic (exact) mass is 876 g/mol. The highest BCUT2D eigenvalue weighted by Gasteiger charge is 2.50. The van der Waals surface area contributed by atoms with Gasteiger partial charge in [0.1, 0.15) is 12.0 Å². The molecule has 0 spiro atoms. The first-order valence-electron chi connectivity index (χ1n) is 19.6. The zero-order valence-corrected chi connectivity index (χ0v) is 34.6. The van der Waals surface area contributed by atoms with Crippen molar-refractivity contribution in [3.63, 3.8) is 0 Å². The van der Waals surface area contributed by atoms with E-state index in [1.165, 1.54) is 36.4 Å². The maximum absolute atomic E-state index is 13.0. The number of aliphatic carboxylic acids is 2. The first-order chi connectivity index (χ1) is 30.0. The van der Waals surface area contributed by atoms with Crippen molar-refractivity contribution < 1.29 is 62.9 Å². The molecular weight excluding hydrogens is 825 g/mol. The number of ether oxygens (including phenoxy) is 1. The van der Waals surface area contributed by atoms with Gasteiger partial charge >= 0.3 is 24.1 Å². The highest BCUT2D eigenvalue weighted by molar-refractivity contribution is 6.13. The third kappa shape index (κ3) is 18.5. The van der Waals surface area contributed by atoms with E-state index in [1.54, 1.807) is 30.3 Å². The lowest BCUT2D eigenvalue weighted by Crippen LogP contribution is -2.56. The lowest BCUT2D eigenvalue weighted by atomic mass is 9.67. The summed E-state index contributed by atoms with van der Waals surface area (Å²) in [5.41, 5.74) is 9.59. The fraction of sp³-hybridized carbons (Fsp3) is 0.333. The zero-order chi connectivity index (χ0) is 46.8. The molecule has 2 aliphatic rings. The van der Waals surface area contributed by atoms with Crippen molar-refractivity contribution in [1.82, 2.24) is 20.9 Å². The maximum Gasteiger partial charge on any atom is 0.411 e. The van der Waals surface area contributed by atoms with Crippen LogP contribution in [-0.2, 0) is 49.7 Å². The number of nitrogens with two attached hydrogens (primary N) is 2. The summed E-state index contributed by atoms with van der Waals surface area (Å²) in [5.74, 6) is -4.49. The molecule has 4 rings (SSSR count). The fourth-order valence-electron chi connectivity index (χ4n) is 5.70. The van der Waals surface area contributed by atoms with Gasteiger partial charge in [0.05, 0.1) is 12.2 Å². The molecule has 0 bridgehead atoms. The molecule has 0 aromatic heterocycles. The second-order valence-corrected chi connectivity index (χ2v) is 13.7. The summed E-state index contributed by atoms with van der Waals surface area (Å²) < 4.78 is 5.28. The number of amides is 9. The molecule has 0 unspecified atom stereocenters. The van der Waals surface area contributed by atoms with Crippen molar-refractivity contribution in [2.24, 2.45) is 16.9 Å². The SMILES string of the molecule is CCCNC(N)=O.NC=O.O=C(O)/C=C/c1ccc(/C=C/C(=O)O)c(NC(=O)OCc2ccc(NC(=O)CNC(=O)C3(C(=O)NCCCCCN4C(=O)C=CC4=O)CCC3)cc2)c1. The van der Waals surface area contributed by atoms with Gasteiger partial charge in [-0.2, -0.15) is 0 Å². The third-order valence-corrected chi connectivity index (χ3v) is 9.03. The van der Waals surface area contributed by atoms with Gasteiger partial charge in [-0.15, -0.1) is 0 Å². The fourth-order valence-corrected chi connectivity index (χ4v) is 5.70. The predicted octanol–water partition coefficient (Wildman–Crippen LogP) is 2.23. The first kappa shape index (κ1) is 51.3. The molecule has 2 aromatic rings. The van der Waals surface area contributed by atoms with Crippen molar-refractivity contribution in [2.45, 2.75) is 58.5 Å². The number of urea groups is 1. The molecule has 1 aliphatic carbocycles. The van der Waals surface area contributed by atoms with Crippen LogP contribution in [0.15, 0.2) is 66.8 Å². The largest absolute Gasteiger partial charge is 0.478 e. The Morgan fingerprint density at radius 2 is 1.43 bits per heavy atom. The average Bonchev–Trinajstić information content (AvgIpc) is 3.54. The van der Waals surface area contributed by atoms with E-state index < -0.39 is 47.2 Å². The summed E-state index contributed by atoms with van der Waals surface area (Å²) in [7, 11) is 0. The second-order valence-electron chi connectivity index (χ2n) is 13.7. The Bertz CT molecular complexity index is 2040. The Kier molecular flexibility index (Phi) is 22.1. The van der Waals surface area contributed by atoms with Crippen LogP contribution in [0.4, 0.5) is 21.0 Å². The summed E-state index contributed by atoms with van der Waals surface area (Å²) >= 11 is 0. The number of carbonyl (C=O) groups is 10. The van der Waals surface area contributed by atoms with Gasteiger partial charge in [0.2, 0.25) is 24.1 Å². The highest BCUT2D eigenvalue weighted by atomic mass is 16.5. The summed E-state index contributed by atoms with van der Waals surface area (Å²) in [5, 5.41) is 30.8. The van der Waals surface area contributed by atoms with Gasteiger partial charge in [0.15, 0.2) is 0 Å². The summed E-state index contributed by atoms with van der Waals surface area (Å²) in [6.45, 7) is 2.76. The van der Waals surface area contributed by atoms with E-state index in [9.17, 15) is 43.2 Å². The van der Waals surface area contributed by atoms with Gasteiger partial charge in [-0.25, -0.2) is 19.2 Å². The molecule has 0 radical (unpaired) electrons. The Hall–Kier alpha value is -7.84. The molecule has 2 aromatic carbocycles. The van der Waals surface area contributed by atoms with Crippen molar-refractivity contribution in [1.29, 1.82) is 0 Å². The number of nitrogens with one attached hydrogen (secondary N) is 5. The van der Waals surface area contributed by atoms with Crippen LogP contribution in [0.2, 0.25) is 0 Å². The molecule has 1 fully saturated rings. The smallest absolute Gasteiger partial charge is 0.411 e. The van der Waals surface area contributed by atoms with Crippen LogP contribution in [-0.4, -0.2) is 101 Å². The van der Waals surface area contributed by atoms with Gasteiger partial charge in [0, 0.05) is 49.6 Å². The number of carboxylic acids is 2. The topological polar surface area (TPSA) is 336 Å². The van der Waals surface area contributed by atoms with Crippen molar-refractivity contribution in [2.75, 3.05) is 36.8 Å². The van der Waals surface area contributed by atoms with Crippen LogP contribution in [0.5, 0.6) is 0 Å². The standard InChI is InChI=1S/C37H39N5O11.C4H10N2O.CH3NO/c43-29(22-39-35(51)37(17-4-18-37)34(50)38-19-2-1-3-20-42-30(44)13-14-31(42)45)40-27-11-6-25(7-12-27)23-53-36(52)41-28-21-24(8-15-32(46)47)5-9-26(28)10-16-33(48)49;1-2-3-6-4(5)7;2-1-3/h5-16,21H,1-4,17-20,22-23H2,(H,38,50)(H,39,51)(H,40,43)(H,41,52)(H,46,47)(H,48,49);2-3H2,1H3,(H3,5,6,7);1H,(H2,2,3)/b15-8+,16-10+;;.